The molecule has 0 fully saturated rings. The van der Waals surface area contributed by atoms with Gasteiger partial charge in [-0.2, -0.15) is 41.6 Å². The molecule has 0 saturated heterocycles. The van der Waals surface area contributed by atoms with E-state index < -0.39 is 49.3 Å². The van der Waals surface area contributed by atoms with Gasteiger partial charge < -0.3 is 9.47 Å². The molecule has 1 heterocycles. The second kappa shape index (κ2) is 9.23. The number of amides is 2. The number of hydrogen-bond acceptors (Lipinski definition) is 6. The van der Waals surface area contributed by atoms with E-state index in [-0.39, 0.29) is 0 Å². The SMILES string of the molecule is N#Cc1ccc(N(C(=O)Nc2nc(OCC(F)(F)F)cc(OCC(F)(F)F)n2)C2=CC2)cc1. The van der Waals surface area contributed by atoms with Crippen molar-refractivity contribution in [2.24, 2.45) is 0 Å². The van der Waals surface area contributed by atoms with E-state index in [1.165, 1.54) is 29.2 Å². The predicted octanol–water partition coefficient (Wildman–Crippen LogP) is 4.56. The van der Waals surface area contributed by atoms with E-state index in [0.29, 0.717) is 29.4 Å². The number of ether oxygens (including phenoxy) is 2. The van der Waals surface area contributed by atoms with Gasteiger partial charge in [-0.05, 0) is 24.3 Å². The van der Waals surface area contributed by atoms with Gasteiger partial charge in [0.15, 0.2) is 13.2 Å². The van der Waals surface area contributed by atoms with Crippen molar-refractivity contribution < 1.29 is 40.6 Å². The Morgan fingerprint density at radius 2 is 1.55 bits per heavy atom. The van der Waals surface area contributed by atoms with Crippen LogP contribution in [0.25, 0.3) is 0 Å². The lowest BCUT2D eigenvalue weighted by molar-refractivity contribution is -0.154. The fraction of sp³-hybridized carbons (Fsp3) is 0.263. The molecule has 1 aromatic heterocycles. The minimum atomic E-state index is -4.74. The van der Waals surface area contributed by atoms with Gasteiger partial charge in [-0.1, -0.05) is 6.08 Å². The van der Waals surface area contributed by atoms with Gasteiger partial charge in [-0.25, -0.2) is 4.79 Å². The Morgan fingerprint density at radius 1 is 1.03 bits per heavy atom. The topological polar surface area (TPSA) is 100 Å². The third-order valence-electron chi connectivity index (χ3n) is 3.80. The van der Waals surface area contributed by atoms with Crippen LogP contribution in [0.1, 0.15) is 12.0 Å². The molecule has 0 aliphatic heterocycles. The molecule has 0 spiro atoms. The van der Waals surface area contributed by atoms with Crippen molar-refractivity contribution in [2.75, 3.05) is 23.4 Å². The first kappa shape index (κ1) is 23.6. The Morgan fingerprint density at radius 3 is 1.97 bits per heavy atom. The van der Waals surface area contributed by atoms with E-state index in [2.05, 4.69) is 24.8 Å². The number of aromatic nitrogens is 2. The van der Waals surface area contributed by atoms with E-state index in [1.807, 2.05) is 6.07 Å². The van der Waals surface area contributed by atoms with Crippen LogP contribution in [0.4, 0.5) is 42.8 Å². The van der Waals surface area contributed by atoms with E-state index in [0.717, 1.165) is 0 Å². The summed E-state index contributed by atoms with van der Waals surface area (Å²) in [4.78, 5) is 21.2. The van der Waals surface area contributed by atoms with Crippen LogP contribution in [0.3, 0.4) is 0 Å². The zero-order chi connectivity index (χ0) is 24.2. The Labute approximate surface area is 182 Å². The lowest BCUT2D eigenvalue weighted by Gasteiger charge is -2.20. The number of benzene rings is 1. The number of rotatable bonds is 7. The fourth-order valence-electron chi connectivity index (χ4n) is 2.40. The van der Waals surface area contributed by atoms with E-state index in [9.17, 15) is 31.1 Å². The monoisotopic (exact) mass is 473 g/mol. The van der Waals surface area contributed by atoms with Crippen LogP contribution in [0.2, 0.25) is 0 Å². The number of anilines is 2. The summed E-state index contributed by atoms with van der Waals surface area (Å²) in [7, 11) is 0. The van der Waals surface area contributed by atoms with E-state index in [1.54, 1.807) is 6.08 Å². The standard InChI is InChI=1S/C19H13F6N5O3/c20-18(21,22)9-32-14-7-15(33-10-19(23,24)25)28-16(27-14)29-17(31)30(13-5-6-13)12-3-1-11(8-26)2-4-12/h1-5,7H,6,9-10H2,(H,27,28,29,31). The van der Waals surface area contributed by atoms with E-state index >= 15 is 0 Å². The smallest absolute Gasteiger partial charge is 0.422 e. The molecule has 1 aromatic carbocycles. The number of nitriles is 1. The first-order valence-corrected chi connectivity index (χ1v) is 9.02. The van der Waals surface area contributed by atoms with Gasteiger partial charge in [-0.15, -0.1) is 0 Å². The maximum absolute atomic E-state index is 12.8. The molecule has 2 amide bonds. The number of carbonyl (C=O) groups is 1. The third kappa shape index (κ3) is 7.27. The van der Waals surface area contributed by atoms with Gasteiger partial charge in [0.05, 0.1) is 23.4 Å². The largest absolute Gasteiger partial charge is 0.468 e. The lowest BCUT2D eigenvalue weighted by atomic mass is 10.2. The minimum Gasteiger partial charge on any atom is -0.468 e. The van der Waals surface area contributed by atoms with Gasteiger partial charge in [0, 0.05) is 12.1 Å². The number of allylic oxidation sites excluding steroid dienone is 2. The fourth-order valence-corrected chi connectivity index (χ4v) is 2.40. The molecule has 0 radical (unpaired) electrons. The third-order valence-corrected chi connectivity index (χ3v) is 3.80. The maximum atomic E-state index is 12.8. The van der Waals surface area contributed by atoms with Crippen molar-refractivity contribution in [2.45, 2.75) is 18.8 Å². The zero-order valence-corrected chi connectivity index (χ0v) is 16.4. The van der Waals surface area contributed by atoms with Gasteiger partial charge in [0.25, 0.3) is 0 Å². The normalized spacial score (nSPS) is 12.9. The highest BCUT2D eigenvalue weighted by atomic mass is 19.4. The molecule has 0 bridgehead atoms. The second-order valence-electron chi connectivity index (χ2n) is 6.50. The summed E-state index contributed by atoms with van der Waals surface area (Å²) in [6, 6.07) is 7.60. The molecule has 1 aliphatic rings. The number of hydrogen-bond donors (Lipinski definition) is 1. The zero-order valence-electron chi connectivity index (χ0n) is 16.4. The highest BCUT2D eigenvalue weighted by Crippen LogP contribution is 2.31. The van der Waals surface area contributed by atoms with Crippen molar-refractivity contribution in [1.82, 2.24) is 9.97 Å². The van der Waals surface area contributed by atoms with Crippen LogP contribution in [0.5, 0.6) is 11.8 Å². The average molecular weight is 473 g/mol. The van der Waals surface area contributed by atoms with Gasteiger partial charge in [-0.3, -0.25) is 10.2 Å². The summed E-state index contributed by atoms with van der Waals surface area (Å²) in [6.07, 6.45) is -7.33. The highest BCUT2D eigenvalue weighted by molar-refractivity contribution is 6.04. The molecule has 0 unspecified atom stereocenters. The molecule has 3 rings (SSSR count). The molecule has 1 N–H and O–H groups in total. The van der Waals surface area contributed by atoms with Crippen molar-refractivity contribution in [3.05, 3.63) is 47.7 Å². The maximum Gasteiger partial charge on any atom is 0.422 e. The van der Waals surface area contributed by atoms with E-state index in [4.69, 9.17) is 5.26 Å². The summed E-state index contributed by atoms with van der Waals surface area (Å²) in [5, 5.41) is 11.1. The molecule has 14 heteroatoms. The average Bonchev–Trinajstić information content (AvgIpc) is 3.55. The number of carbonyl (C=O) groups excluding carboxylic acids is 1. The van der Waals surface area contributed by atoms with Crippen molar-refractivity contribution in [1.29, 1.82) is 5.26 Å². The Bertz CT molecular complexity index is 1060. The number of urea groups is 1. The van der Waals surface area contributed by atoms with Gasteiger partial charge in [0.2, 0.25) is 17.7 Å². The Kier molecular flexibility index (Phi) is 6.61. The second-order valence-corrected chi connectivity index (χ2v) is 6.50. The Hall–Kier alpha value is -4.02. The molecule has 0 saturated carbocycles. The van der Waals surface area contributed by atoms with Crippen LogP contribution in [-0.2, 0) is 0 Å². The van der Waals surface area contributed by atoms with Crippen molar-refractivity contribution in [3.63, 3.8) is 0 Å². The predicted molar refractivity (Wildman–Crippen MR) is 100 cm³/mol. The summed E-state index contributed by atoms with van der Waals surface area (Å²) >= 11 is 0. The summed E-state index contributed by atoms with van der Waals surface area (Å²) < 4.78 is 83.6. The number of halogens is 6. The van der Waals surface area contributed by atoms with Gasteiger partial charge >= 0.3 is 18.4 Å². The van der Waals surface area contributed by atoms with Crippen LogP contribution in [-0.4, -0.2) is 41.6 Å². The van der Waals surface area contributed by atoms with Crippen LogP contribution >= 0.6 is 0 Å². The number of nitrogens with zero attached hydrogens (tertiary/aromatic N) is 4. The summed E-state index contributed by atoms with van der Waals surface area (Å²) in [5.41, 5.74) is 1.26. The van der Waals surface area contributed by atoms with Crippen LogP contribution < -0.4 is 19.7 Å². The lowest BCUT2D eigenvalue weighted by Crippen LogP contribution is -2.32. The molecule has 1 aliphatic carbocycles. The highest BCUT2D eigenvalue weighted by Gasteiger charge is 2.31. The summed E-state index contributed by atoms with van der Waals surface area (Å²) in [6.45, 7) is -3.55. The number of alkyl halides is 6. The molecule has 8 nitrogen and oxygen atoms in total. The molecule has 0 atom stereocenters. The van der Waals surface area contributed by atoms with Crippen LogP contribution in [0.15, 0.2) is 42.1 Å². The molecule has 174 valence electrons. The van der Waals surface area contributed by atoms with Crippen molar-refractivity contribution >= 4 is 17.7 Å². The molecule has 33 heavy (non-hydrogen) atoms. The number of nitrogens with one attached hydrogen (secondary N) is 1. The van der Waals surface area contributed by atoms with Gasteiger partial charge in [0.1, 0.15) is 0 Å². The first-order chi connectivity index (χ1) is 15.4. The quantitative estimate of drug-likeness (QED) is 0.592. The first-order valence-electron chi connectivity index (χ1n) is 9.02. The molecular formula is C19H13F6N5O3. The summed E-state index contributed by atoms with van der Waals surface area (Å²) in [5.74, 6) is -2.16. The Balaban J connectivity index is 1.83. The molecule has 2 aromatic rings. The minimum absolute atomic E-state index is 0.341. The molecular weight excluding hydrogens is 460 g/mol. The van der Waals surface area contributed by atoms with Crippen LogP contribution in [0, 0.1) is 11.3 Å². The van der Waals surface area contributed by atoms with Crippen molar-refractivity contribution in [3.8, 4) is 17.8 Å².